The van der Waals surface area contributed by atoms with Gasteiger partial charge in [-0.15, -0.1) is 0 Å². The normalized spacial score (nSPS) is 14.0. The number of carbonyl (C=O) groups is 4. The number of aliphatic hydroxyl groups is 1. The molecule has 0 spiro atoms. The first-order valence-electron chi connectivity index (χ1n) is 39.0. The minimum Gasteiger partial charge on any atom is -0.462 e. The minimum absolute atomic E-state index is 0.103. The molecule has 5 atom stereocenters. The maximum atomic E-state index is 13.1. The molecule has 558 valence electrons. The summed E-state index contributed by atoms with van der Waals surface area (Å²) in [7, 11) is -9.90. The van der Waals surface area contributed by atoms with Crippen molar-refractivity contribution in [3.63, 3.8) is 0 Å². The van der Waals surface area contributed by atoms with Crippen LogP contribution >= 0.6 is 15.6 Å². The van der Waals surface area contributed by atoms with Gasteiger partial charge in [-0.05, 0) is 37.5 Å². The first-order valence-corrected chi connectivity index (χ1v) is 42.0. The zero-order valence-corrected chi connectivity index (χ0v) is 63.1. The number of phosphoric ester groups is 2. The third kappa shape index (κ3) is 68.6. The molecule has 94 heavy (non-hydrogen) atoms. The summed E-state index contributed by atoms with van der Waals surface area (Å²) < 4.78 is 68.4. The quantitative estimate of drug-likeness (QED) is 0.0222. The average molecular weight is 1380 g/mol. The van der Waals surface area contributed by atoms with E-state index in [1.807, 2.05) is 0 Å². The minimum atomic E-state index is -4.96. The van der Waals surface area contributed by atoms with Crippen molar-refractivity contribution < 1.29 is 80.2 Å². The molecule has 2 unspecified atom stereocenters. The van der Waals surface area contributed by atoms with Gasteiger partial charge in [0.25, 0.3) is 0 Å². The second-order valence-corrected chi connectivity index (χ2v) is 30.9. The maximum absolute atomic E-state index is 13.1. The summed E-state index contributed by atoms with van der Waals surface area (Å²) in [6.07, 6.45) is 54.4. The molecule has 0 aromatic heterocycles. The molecule has 0 rings (SSSR count). The van der Waals surface area contributed by atoms with Crippen molar-refractivity contribution in [1.82, 2.24) is 0 Å². The van der Waals surface area contributed by atoms with Crippen LogP contribution in [0.1, 0.15) is 388 Å². The Labute approximate surface area is 575 Å². The van der Waals surface area contributed by atoms with E-state index in [0.717, 1.165) is 102 Å². The van der Waals surface area contributed by atoms with Gasteiger partial charge in [0.2, 0.25) is 0 Å². The number of carbonyl (C=O) groups excluding carboxylic acids is 4. The molecular formula is C75H146O17P2. The van der Waals surface area contributed by atoms with E-state index in [2.05, 4.69) is 41.5 Å². The molecule has 0 aliphatic carbocycles. The average Bonchev–Trinajstić information content (AvgIpc) is 1.98. The van der Waals surface area contributed by atoms with E-state index in [1.54, 1.807) is 0 Å². The standard InChI is InChI=1S/C75H146O17P2/c1-7-9-11-13-15-17-18-19-24-28-31-34-40-46-52-58-73(78)86-64-70(91-74(79)59-53-47-41-35-32-29-26-23-21-20-22-25-27-30-33-37-43-49-55-67(3)4)65-89-93(81,82)87-61-69(76)62-88-94(83,84)90-66-71(63-85-72(77)57-51-45-39-16-14-12-10-8-2)92-75(80)60-54-48-42-36-38-44-50-56-68(5)6/h67-71,76H,7-66H2,1-6H3,(H,81,82)(H,83,84)/t69-,70-,71-/m1/s1. The van der Waals surface area contributed by atoms with Crippen molar-refractivity contribution >= 4 is 39.5 Å². The van der Waals surface area contributed by atoms with Gasteiger partial charge in [0.15, 0.2) is 12.2 Å². The Morgan fingerprint density at radius 1 is 0.287 bits per heavy atom. The van der Waals surface area contributed by atoms with Crippen molar-refractivity contribution in [2.24, 2.45) is 11.8 Å². The zero-order chi connectivity index (χ0) is 69.3. The zero-order valence-electron chi connectivity index (χ0n) is 61.3. The largest absolute Gasteiger partial charge is 0.472 e. The summed E-state index contributed by atoms with van der Waals surface area (Å²) in [5.41, 5.74) is 0. The van der Waals surface area contributed by atoms with Crippen LogP contribution in [0.25, 0.3) is 0 Å². The Bertz CT molecular complexity index is 1820. The van der Waals surface area contributed by atoms with Crippen LogP contribution < -0.4 is 0 Å². The van der Waals surface area contributed by atoms with E-state index >= 15 is 0 Å². The van der Waals surface area contributed by atoms with E-state index in [0.29, 0.717) is 31.6 Å². The van der Waals surface area contributed by atoms with Crippen LogP contribution in [-0.2, 0) is 65.4 Å². The van der Waals surface area contributed by atoms with E-state index < -0.39 is 97.5 Å². The highest BCUT2D eigenvalue weighted by molar-refractivity contribution is 7.47. The summed E-state index contributed by atoms with van der Waals surface area (Å²) in [5.74, 6) is -0.605. The highest BCUT2D eigenvalue weighted by Crippen LogP contribution is 2.45. The van der Waals surface area contributed by atoms with Crippen molar-refractivity contribution in [2.45, 2.75) is 407 Å². The van der Waals surface area contributed by atoms with Gasteiger partial charge in [-0.3, -0.25) is 37.3 Å². The molecule has 17 nitrogen and oxygen atoms in total. The fourth-order valence-electron chi connectivity index (χ4n) is 11.5. The van der Waals surface area contributed by atoms with Crippen LogP contribution in [0.15, 0.2) is 0 Å². The molecule has 0 saturated carbocycles. The molecule has 3 N–H and O–H groups in total. The van der Waals surface area contributed by atoms with Crippen LogP contribution in [0.3, 0.4) is 0 Å². The number of esters is 4. The van der Waals surface area contributed by atoms with E-state index in [9.17, 15) is 43.2 Å². The molecule has 0 saturated heterocycles. The predicted molar refractivity (Wildman–Crippen MR) is 381 cm³/mol. The second kappa shape index (κ2) is 66.9. The summed E-state index contributed by atoms with van der Waals surface area (Å²) in [4.78, 5) is 72.6. The lowest BCUT2D eigenvalue weighted by Gasteiger charge is -2.21. The second-order valence-electron chi connectivity index (χ2n) is 28.0. The molecule has 0 fully saturated rings. The van der Waals surface area contributed by atoms with Crippen molar-refractivity contribution in [1.29, 1.82) is 0 Å². The molecule has 0 aromatic rings. The maximum Gasteiger partial charge on any atom is 0.472 e. The van der Waals surface area contributed by atoms with Gasteiger partial charge < -0.3 is 33.8 Å². The Morgan fingerprint density at radius 2 is 0.489 bits per heavy atom. The first kappa shape index (κ1) is 92.1. The van der Waals surface area contributed by atoms with Gasteiger partial charge in [-0.25, -0.2) is 9.13 Å². The van der Waals surface area contributed by atoms with Crippen LogP contribution in [0, 0.1) is 11.8 Å². The van der Waals surface area contributed by atoms with Gasteiger partial charge in [-0.2, -0.15) is 0 Å². The van der Waals surface area contributed by atoms with Crippen LogP contribution in [-0.4, -0.2) is 96.7 Å². The number of hydrogen-bond donors (Lipinski definition) is 3. The number of phosphoric acid groups is 2. The molecule has 0 heterocycles. The lowest BCUT2D eigenvalue weighted by atomic mass is 10.0. The topological polar surface area (TPSA) is 237 Å². The molecule has 0 aliphatic rings. The Kier molecular flexibility index (Phi) is 65.5. The van der Waals surface area contributed by atoms with Gasteiger partial charge in [0.05, 0.1) is 26.4 Å². The summed E-state index contributed by atoms with van der Waals surface area (Å²) >= 11 is 0. The van der Waals surface area contributed by atoms with Crippen molar-refractivity contribution in [3.05, 3.63) is 0 Å². The number of rotatable bonds is 74. The summed E-state index contributed by atoms with van der Waals surface area (Å²) in [5, 5.41) is 10.6. The predicted octanol–water partition coefficient (Wildman–Crippen LogP) is 21.9. The van der Waals surface area contributed by atoms with Gasteiger partial charge in [0, 0.05) is 25.7 Å². The third-order valence-corrected chi connectivity index (χ3v) is 19.4. The van der Waals surface area contributed by atoms with Gasteiger partial charge in [0.1, 0.15) is 19.3 Å². The van der Waals surface area contributed by atoms with E-state index in [4.69, 9.17) is 37.0 Å². The Morgan fingerprint density at radius 3 is 0.723 bits per heavy atom. The van der Waals surface area contributed by atoms with Crippen LogP contribution in [0.2, 0.25) is 0 Å². The fourth-order valence-corrected chi connectivity index (χ4v) is 13.1. The van der Waals surface area contributed by atoms with Gasteiger partial charge >= 0.3 is 39.5 Å². The molecule has 0 bridgehead atoms. The number of aliphatic hydroxyl groups excluding tert-OH is 1. The monoisotopic (exact) mass is 1380 g/mol. The van der Waals surface area contributed by atoms with Crippen LogP contribution in [0.4, 0.5) is 0 Å². The number of unbranched alkanes of at least 4 members (excludes halogenated alkanes) is 44. The molecule has 0 aliphatic heterocycles. The first-order chi connectivity index (χ1) is 45.4. The highest BCUT2D eigenvalue weighted by Gasteiger charge is 2.30. The smallest absolute Gasteiger partial charge is 0.462 e. The van der Waals surface area contributed by atoms with Crippen LogP contribution in [0.5, 0.6) is 0 Å². The molecule has 19 heteroatoms. The Hall–Kier alpha value is -1.94. The third-order valence-electron chi connectivity index (χ3n) is 17.5. The molecule has 0 aromatic carbocycles. The van der Waals surface area contributed by atoms with Crippen molar-refractivity contribution in [3.8, 4) is 0 Å². The molecule has 0 amide bonds. The molecular weight excluding hydrogens is 1230 g/mol. The lowest BCUT2D eigenvalue weighted by Crippen LogP contribution is -2.30. The highest BCUT2D eigenvalue weighted by atomic mass is 31.2. The lowest BCUT2D eigenvalue weighted by molar-refractivity contribution is -0.161. The fraction of sp³-hybridized carbons (Fsp3) is 0.947. The Balaban J connectivity index is 5.17. The van der Waals surface area contributed by atoms with E-state index in [-0.39, 0.29) is 25.7 Å². The summed E-state index contributed by atoms with van der Waals surface area (Å²) in [6, 6.07) is 0. The van der Waals surface area contributed by atoms with Crippen molar-refractivity contribution in [2.75, 3.05) is 39.6 Å². The molecule has 0 radical (unpaired) electrons. The summed E-state index contributed by atoms with van der Waals surface area (Å²) in [6.45, 7) is 9.53. The number of ether oxygens (including phenoxy) is 4. The van der Waals surface area contributed by atoms with E-state index in [1.165, 1.54) is 199 Å². The SMILES string of the molecule is CCCCCCCCCCCCCCCCCC(=O)OC[C@H](COP(=O)(O)OC[C@@H](O)COP(=O)(O)OC[C@@H](COC(=O)CCCCCCCCCC)OC(=O)CCCCCCCCCC(C)C)OC(=O)CCCCCCCCCCCCCCCCCCCCC(C)C. The van der Waals surface area contributed by atoms with Gasteiger partial charge in [-0.1, -0.05) is 337 Å². The number of hydrogen-bond acceptors (Lipinski definition) is 15.